The number of amides is 3. The molecule has 2 atom stereocenters. The Morgan fingerprint density at radius 3 is 2.21 bits per heavy atom. The first-order valence-corrected chi connectivity index (χ1v) is 5.22. The summed E-state index contributed by atoms with van der Waals surface area (Å²) >= 11 is 0. The molecule has 0 spiro atoms. The standard InChI is InChI=1S/C9H16N4O6/c10-4(3-14)8(17)12-2-7(16)13-5(9(18)19)1-6(11)15/h4-5,14H,1-3,10H2,(H2,11,15)(H,12,17)(H,13,16)(H,18,19)/t4-,5-/m0/s1. The van der Waals surface area contributed by atoms with Gasteiger partial charge < -0.3 is 32.3 Å². The van der Waals surface area contributed by atoms with Gasteiger partial charge in [-0.1, -0.05) is 0 Å². The molecule has 10 heteroatoms. The number of carboxylic acids is 1. The van der Waals surface area contributed by atoms with Crippen LogP contribution >= 0.6 is 0 Å². The third-order valence-corrected chi connectivity index (χ3v) is 2.00. The maximum atomic E-state index is 11.3. The predicted octanol–water partition coefficient (Wildman–Crippen LogP) is -4.13. The molecule has 3 amide bonds. The van der Waals surface area contributed by atoms with Crippen molar-refractivity contribution < 1.29 is 29.4 Å². The van der Waals surface area contributed by atoms with E-state index in [1.807, 2.05) is 5.32 Å². The Hall–Kier alpha value is -2.20. The number of aliphatic hydroxyl groups is 1. The lowest BCUT2D eigenvalue weighted by molar-refractivity contribution is -0.143. The largest absolute Gasteiger partial charge is 0.480 e. The molecule has 0 fully saturated rings. The summed E-state index contributed by atoms with van der Waals surface area (Å²) in [6.07, 6.45) is -0.564. The lowest BCUT2D eigenvalue weighted by Crippen LogP contribution is -2.50. The zero-order chi connectivity index (χ0) is 15.0. The molecule has 0 rings (SSSR count). The number of hydrogen-bond donors (Lipinski definition) is 6. The second-order valence-corrected chi connectivity index (χ2v) is 3.64. The zero-order valence-corrected chi connectivity index (χ0v) is 9.96. The molecule has 0 saturated heterocycles. The van der Waals surface area contributed by atoms with Crippen molar-refractivity contribution in [3.63, 3.8) is 0 Å². The minimum atomic E-state index is -1.46. The van der Waals surface area contributed by atoms with Gasteiger partial charge in [-0.2, -0.15) is 0 Å². The fraction of sp³-hybridized carbons (Fsp3) is 0.556. The second kappa shape index (κ2) is 8.00. The van der Waals surface area contributed by atoms with E-state index in [1.54, 1.807) is 0 Å². The van der Waals surface area contributed by atoms with Crippen LogP contribution in [0.5, 0.6) is 0 Å². The van der Waals surface area contributed by atoms with Crippen molar-refractivity contribution >= 4 is 23.7 Å². The highest BCUT2D eigenvalue weighted by molar-refractivity contribution is 5.91. The smallest absolute Gasteiger partial charge is 0.326 e. The van der Waals surface area contributed by atoms with E-state index in [-0.39, 0.29) is 0 Å². The molecular weight excluding hydrogens is 260 g/mol. The summed E-state index contributed by atoms with van der Waals surface area (Å²) in [5, 5.41) is 21.4. The molecule has 0 heterocycles. The quantitative estimate of drug-likeness (QED) is 0.260. The lowest BCUT2D eigenvalue weighted by Gasteiger charge is -2.14. The average molecular weight is 276 g/mol. The number of aliphatic carboxylic acids is 1. The highest BCUT2D eigenvalue weighted by atomic mass is 16.4. The van der Waals surface area contributed by atoms with Crippen molar-refractivity contribution in [2.75, 3.05) is 13.2 Å². The third kappa shape index (κ3) is 6.95. The summed E-state index contributed by atoms with van der Waals surface area (Å²) in [4.78, 5) is 43.7. The number of hydrogen-bond acceptors (Lipinski definition) is 6. The van der Waals surface area contributed by atoms with Gasteiger partial charge in [-0.15, -0.1) is 0 Å². The molecule has 0 bridgehead atoms. The van der Waals surface area contributed by atoms with Gasteiger partial charge in [0.2, 0.25) is 17.7 Å². The fourth-order valence-electron chi connectivity index (χ4n) is 1.03. The van der Waals surface area contributed by atoms with Gasteiger partial charge in [0, 0.05) is 0 Å². The van der Waals surface area contributed by atoms with E-state index in [0.29, 0.717) is 0 Å². The lowest BCUT2D eigenvalue weighted by atomic mass is 10.2. The van der Waals surface area contributed by atoms with E-state index < -0.39 is 55.3 Å². The van der Waals surface area contributed by atoms with Crippen molar-refractivity contribution in [3.05, 3.63) is 0 Å². The van der Waals surface area contributed by atoms with Gasteiger partial charge in [0.05, 0.1) is 19.6 Å². The Morgan fingerprint density at radius 2 is 1.79 bits per heavy atom. The minimum Gasteiger partial charge on any atom is -0.480 e. The molecule has 0 radical (unpaired) electrons. The van der Waals surface area contributed by atoms with Crippen molar-refractivity contribution in [3.8, 4) is 0 Å². The molecule has 0 aliphatic carbocycles. The first-order valence-electron chi connectivity index (χ1n) is 5.22. The number of carbonyl (C=O) groups excluding carboxylic acids is 3. The minimum absolute atomic E-state index is 0.533. The van der Waals surface area contributed by atoms with Crippen LogP contribution in [-0.4, -0.2) is 59.1 Å². The second-order valence-electron chi connectivity index (χ2n) is 3.64. The summed E-state index contributed by atoms with van der Waals surface area (Å²) in [6, 6.07) is -2.64. The van der Waals surface area contributed by atoms with E-state index in [0.717, 1.165) is 0 Å². The van der Waals surface area contributed by atoms with Gasteiger partial charge in [-0.05, 0) is 0 Å². The van der Waals surface area contributed by atoms with Gasteiger partial charge >= 0.3 is 5.97 Å². The highest BCUT2D eigenvalue weighted by Crippen LogP contribution is 1.91. The molecule has 0 aromatic rings. The van der Waals surface area contributed by atoms with Crippen molar-refractivity contribution in [1.29, 1.82) is 0 Å². The highest BCUT2D eigenvalue weighted by Gasteiger charge is 2.22. The molecular formula is C9H16N4O6. The van der Waals surface area contributed by atoms with Crippen LogP contribution in [0.3, 0.4) is 0 Å². The molecule has 0 aromatic heterocycles. The average Bonchev–Trinajstić information content (AvgIpc) is 2.33. The summed E-state index contributed by atoms with van der Waals surface area (Å²) in [7, 11) is 0. The predicted molar refractivity (Wildman–Crippen MR) is 61.4 cm³/mol. The number of nitrogens with two attached hydrogens (primary N) is 2. The van der Waals surface area contributed by atoms with Crippen LogP contribution in [0.15, 0.2) is 0 Å². The van der Waals surface area contributed by atoms with Gasteiger partial charge in [-0.25, -0.2) is 4.79 Å². The molecule has 108 valence electrons. The molecule has 10 nitrogen and oxygen atoms in total. The molecule has 0 aliphatic heterocycles. The number of carboxylic acid groups (broad SMARTS) is 1. The number of nitrogens with one attached hydrogen (secondary N) is 2. The Labute approximate surface area is 108 Å². The van der Waals surface area contributed by atoms with Gasteiger partial charge in [0.25, 0.3) is 0 Å². The van der Waals surface area contributed by atoms with Gasteiger partial charge in [0.15, 0.2) is 0 Å². The Balaban J connectivity index is 4.24. The van der Waals surface area contributed by atoms with E-state index in [1.165, 1.54) is 0 Å². The van der Waals surface area contributed by atoms with Crippen molar-refractivity contribution in [1.82, 2.24) is 10.6 Å². The Kier molecular flexibility index (Phi) is 7.07. The summed E-state index contributed by atoms with van der Waals surface area (Å²) in [5.41, 5.74) is 9.99. The first-order chi connectivity index (χ1) is 8.77. The number of primary amides is 1. The molecule has 0 aliphatic rings. The van der Waals surface area contributed by atoms with E-state index in [9.17, 15) is 19.2 Å². The van der Waals surface area contributed by atoms with Gasteiger partial charge in [-0.3, -0.25) is 14.4 Å². The third-order valence-electron chi connectivity index (χ3n) is 2.00. The van der Waals surface area contributed by atoms with Crippen LogP contribution in [-0.2, 0) is 19.2 Å². The maximum absolute atomic E-state index is 11.3. The van der Waals surface area contributed by atoms with E-state index >= 15 is 0 Å². The maximum Gasteiger partial charge on any atom is 0.326 e. The summed E-state index contributed by atoms with van der Waals surface area (Å²) < 4.78 is 0. The molecule has 19 heavy (non-hydrogen) atoms. The fourth-order valence-corrected chi connectivity index (χ4v) is 1.03. The van der Waals surface area contributed by atoms with Crippen LogP contribution in [0.25, 0.3) is 0 Å². The van der Waals surface area contributed by atoms with E-state index in [2.05, 4.69) is 5.32 Å². The van der Waals surface area contributed by atoms with Crippen molar-refractivity contribution in [2.45, 2.75) is 18.5 Å². The summed E-state index contributed by atoms with van der Waals surface area (Å²) in [6.45, 7) is -1.12. The molecule has 0 unspecified atom stereocenters. The number of carbonyl (C=O) groups is 4. The monoisotopic (exact) mass is 276 g/mol. The van der Waals surface area contributed by atoms with Crippen LogP contribution in [0, 0.1) is 0 Å². The topological polar surface area (TPSA) is 185 Å². The zero-order valence-electron chi connectivity index (χ0n) is 9.96. The number of aliphatic hydroxyl groups excluding tert-OH is 1. The van der Waals surface area contributed by atoms with Crippen LogP contribution in [0.2, 0.25) is 0 Å². The van der Waals surface area contributed by atoms with Crippen molar-refractivity contribution in [2.24, 2.45) is 11.5 Å². The van der Waals surface area contributed by atoms with Crippen LogP contribution in [0.1, 0.15) is 6.42 Å². The molecule has 0 saturated carbocycles. The molecule has 8 N–H and O–H groups in total. The Morgan fingerprint density at radius 1 is 1.21 bits per heavy atom. The summed E-state index contributed by atoms with van der Waals surface area (Å²) in [5.74, 6) is -3.91. The van der Waals surface area contributed by atoms with Crippen LogP contribution in [0.4, 0.5) is 0 Å². The van der Waals surface area contributed by atoms with Gasteiger partial charge in [0.1, 0.15) is 12.1 Å². The van der Waals surface area contributed by atoms with E-state index in [4.69, 9.17) is 21.7 Å². The molecule has 0 aromatic carbocycles. The normalized spacial score (nSPS) is 13.2. The van der Waals surface area contributed by atoms with Crippen LogP contribution < -0.4 is 22.1 Å². The number of rotatable bonds is 8. The Bertz CT molecular complexity index is 372. The SMILES string of the molecule is NC(=O)C[C@H](NC(=O)CNC(=O)[C@@H](N)CO)C(=O)O. The first kappa shape index (κ1) is 16.8.